The van der Waals surface area contributed by atoms with Crippen LogP contribution in [0.1, 0.15) is 28.9 Å². The molecule has 0 spiro atoms. The molecule has 0 aliphatic carbocycles. The first kappa shape index (κ1) is 22.2. The number of carbonyl (C=O) groups is 2. The number of carbonyl (C=O) groups excluding carboxylic acids is 2. The van der Waals surface area contributed by atoms with Gasteiger partial charge in [-0.05, 0) is 56.9 Å². The van der Waals surface area contributed by atoms with Crippen LogP contribution in [0.4, 0.5) is 0 Å². The van der Waals surface area contributed by atoms with Gasteiger partial charge in [-0.25, -0.2) is 0 Å². The van der Waals surface area contributed by atoms with Crippen molar-refractivity contribution in [1.29, 1.82) is 0 Å². The minimum atomic E-state index is -0.247. The maximum atomic E-state index is 12.3. The van der Waals surface area contributed by atoms with E-state index in [1.807, 2.05) is 43.3 Å². The number of benzene rings is 2. The zero-order chi connectivity index (χ0) is 21.4. The number of nitrogens with one attached hydrogen (secondary N) is 1. The Morgan fingerprint density at radius 2 is 1.69 bits per heavy atom. The number of hydrogen-bond acceptors (Lipinski definition) is 6. The van der Waals surface area contributed by atoms with E-state index in [2.05, 4.69) is 5.32 Å². The fraction of sp³-hybridized carbons (Fsp3) is 0.364. The molecule has 0 aromatic heterocycles. The number of ketones is 1. The summed E-state index contributed by atoms with van der Waals surface area (Å²) in [4.78, 5) is 25.8. The molecule has 1 amide bonds. The summed E-state index contributed by atoms with van der Waals surface area (Å²) < 4.78 is 16.0. The average molecular weight is 400 g/mol. The van der Waals surface area contributed by atoms with Gasteiger partial charge < -0.3 is 24.4 Å². The van der Waals surface area contributed by atoms with Crippen molar-refractivity contribution in [1.82, 2.24) is 10.2 Å². The molecule has 0 heterocycles. The molecule has 2 aromatic rings. The van der Waals surface area contributed by atoms with Gasteiger partial charge in [0.15, 0.2) is 23.9 Å². The van der Waals surface area contributed by atoms with Crippen LogP contribution in [-0.2, 0) is 4.79 Å². The average Bonchev–Trinajstić information content (AvgIpc) is 2.72. The van der Waals surface area contributed by atoms with Crippen LogP contribution >= 0.6 is 0 Å². The van der Waals surface area contributed by atoms with Gasteiger partial charge in [0.1, 0.15) is 5.75 Å². The van der Waals surface area contributed by atoms with Crippen molar-refractivity contribution in [3.63, 3.8) is 0 Å². The Bertz CT molecular complexity index is 834. The number of rotatable bonds is 10. The van der Waals surface area contributed by atoms with E-state index in [0.29, 0.717) is 23.6 Å². The van der Waals surface area contributed by atoms with Crippen LogP contribution in [-0.4, -0.2) is 58.1 Å². The molecule has 1 unspecified atom stereocenters. The van der Waals surface area contributed by atoms with E-state index in [4.69, 9.17) is 14.2 Å². The van der Waals surface area contributed by atoms with Crippen LogP contribution in [0.15, 0.2) is 42.5 Å². The van der Waals surface area contributed by atoms with Gasteiger partial charge in [0.25, 0.3) is 5.91 Å². The Hall–Kier alpha value is -3.06. The second-order valence-electron chi connectivity index (χ2n) is 6.77. The molecule has 0 fully saturated rings. The van der Waals surface area contributed by atoms with Crippen molar-refractivity contribution in [3.05, 3.63) is 53.6 Å². The Kier molecular flexibility index (Phi) is 8.03. The van der Waals surface area contributed by atoms with E-state index in [9.17, 15) is 9.59 Å². The van der Waals surface area contributed by atoms with Crippen molar-refractivity contribution < 1.29 is 23.8 Å². The quantitative estimate of drug-likeness (QED) is 0.618. The molecule has 0 aliphatic heterocycles. The summed E-state index contributed by atoms with van der Waals surface area (Å²) in [6.45, 7) is 1.76. The summed E-state index contributed by atoms with van der Waals surface area (Å²) in [6, 6.07) is 12.6. The van der Waals surface area contributed by atoms with Gasteiger partial charge in [0.2, 0.25) is 0 Å². The fourth-order valence-corrected chi connectivity index (χ4v) is 2.84. The molecular weight excluding hydrogens is 372 g/mol. The number of hydrogen-bond donors (Lipinski definition) is 1. The minimum absolute atomic E-state index is 0.00856. The van der Waals surface area contributed by atoms with E-state index >= 15 is 0 Å². The number of ether oxygens (including phenoxy) is 3. The van der Waals surface area contributed by atoms with Crippen molar-refractivity contribution >= 4 is 11.7 Å². The van der Waals surface area contributed by atoms with Crippen LogP contribution in [0.25, 0.3) is 0 Å². The number of Topliss-reactive ketones (excluding diaryl/α,β-unsaturated/α-hetero) is 1. The standard InChI is InChI=1S/C22H28N2O5/c1-15(25)17-8-11-20(21(12-17)28-5)29-14-22(26)23-13-19(24(2)3)16-6-9-18(27-4)10-7-16/h6-12,19H,13-14H2,1-5H3,(H,23,26). The highest BCUT2D eigenvalue weighted by molar-refractivity contribution is 5.94. The molecule has 29 heavy (non-hydrogen) atoms. The Labute approximate surface area is 171 Å². The van der Waals surface area contributed by atoms with Crippen LogP contribution < -0.4 is 19.5 Å². The highest BCUT2D eigenvalue weighted by atomic mass is 16.5. The van der Waals surface area contributed by atoms with Crippen LogP contribution in [0.3, 0.4) is 0 Å². The maximum Gasteiger partial charge on any atom is 0.258 e. The van der Waals surface area contributed by atoms with Crippen molar-refractivity contribution in [2.75, 3.05) is 41.5 Å². The molecule has 1 atom stereocenters. The molecular formula is C22H28N2O5. The molecule has 7 heteroatoms. The zero-order valence-electron chi connectivity index (χ0n) is 17.5. The summed E-state index contributed by atoms with van der Waals surface area (Å²) in [5.41, 5.74) is 1.59. The molecule has 0 aliphatic rings. The first-order valence-corrected chi connectivity index (χ1v) is 9.24. The van der Waals surface area contributed by atoms with E-state index in [0.717, 1.165) is 11.3 Å². The highest BCUT2D eigenvalue weighted by Gasteiger charge is 2.16. The lowest BCUT2D eigenvalue weighted by atomic mass is 10.1. The molecule has 0 saturated carbocycles. The van der Waals surface area contributed by atoms with Crippen LogP contribution in [0.2, 0.25) is 0 Å². The summed E-state index contributed by atoms with van der Waals surface area (Å²) in [5.74, 6) is 1.29. The normalized spacial score (nSPS) is 11.7. The molecule has 2 rings (SSSR count). The lowest BCUT2D eigenvalue weighted by Crippen LogP contribution is -2.36. The third-order valence-corrected chi connectivity index (χ3v) is 4.55. The molecule has 0 saturated heterocycles. The Morgan fingerprint density at radius 3 is 2.24 bits per heavy atom. The van der Waals surface area contributed by atoms with Crippen molar-refractivity contribution in [3.8, 4) is 17.2 Å². The van der Waals surface area contributed by atoms with Gasteiger partial charge >= 0.3 is 0 Å². The van der Waals surface area contributed by atoms with Gasteiger partial charge in [0.05, 0.1) is 20.3 Å². The predicted octanol–water partition coefficient (Wildman–Crippen LogP) is 2.70. The number of likely N-dealkylation sites (N-methyl/N-ethyl adjacent to an activating group) is 1. The van der Waals surface area contributed by atoms with Gasteiger partial charge in [-0.1, -0.05) is 12.1 Å². The first-order chi connectivity index (χ1) is 13.8. The monoisotopic (exact) mass is 400 g/mol. The van der Waals surface area contributed by atoms with E-state index in [1.165, 1.54) is 14.0 Å². The number of amides is 1. The lowest BCUT2D eigenvalue weighted by molar-refractivity contribution is -0.123. The smallest absolute Gasteiger partial charge is 0.258 e. The van der Waals surface area contributed by atoms with Gasteiger partial charge in [-0.2, -0.15) is 0 Å². The van der Waals surface area contributed by atoms with Crippen molar-refractivity contribution in [2.24, 2.45) is 0 Å². The summed E-state index contributed by atoms with van der Waals surface area (Å²) in [7, 11) is 7.03. The predicted molar refractivity (Wildman–Crippen MR) is 111 cm³/mol. The van der Waals surface area contributed by atoms with E-state index in [1.54, 1.807) is 25.3 Å². The van der Waals surface area contributed by atoms with Crippen LogP contribution in [0.5, 0.6) is 17.2 Å². The minimum Gasteiger partial charge on any atom is -0.497 e. The highest BCUT2D eigenvalue weighted by Crippen LogP contribution is 2.28. The molecule has 1 N–H and O–H groups in total. The van der Waals surface area contributed by atoms with E-state index < -0.39 is 0 Å². The van der Waals surface area contributed by atoms with Crippen LogP contribution in [0, 0.1) is 0 Å². The van der Waals surface area contributed by atoms with Gasteiger partial charge in [0, 0.05) is 12.1 Å². The largest absolute Gasteiger partial charge is 0.497 e. The van der Waals surface area contributed by atoms with Gasteiger partial charge in [-0.15, -0.1) is 0 Å². The maximum absolute atomic E-state index is 12.3. The van der Waals surface area contributed by atoms with Crippen molar-refractivity contribution in [2.45, 2.75) is 13.0 Å². The molecule has 0 bridgehead atoms. The Balaban J connectivity index is 1.95. The second-order valence-corrected chi connectivity index (χ2v) is 6.77. The summed E-state index contributed by atoms with van der Waals surface area (Å²) in [6.07, 6.45) is 0. The second kappa shape index (κ2) is 10.5. The summed E-state index contributed by atoms with van der Waals surface area (Å²) >= 11 is 0. The fourth-order valence-electron chi connectivity index (χ4n) is 2.84. The number of methoxy groups -OCH3 is 2. The molecule has 156 valence electrons. The zero-order valence-corrected chi connectivity index (χ0v) is 17.5. The topological polar surface area (TPSA) is 77.1 Å². The molecule has 2 aromatic carbocycles. The molecule has 7 nitrogen and oxygen atoms in total. The third-order valence-electron chi connectivity index (χ3n) is 4.55. The lowest BCUT2D eigenvalue weighted by Gasteiger charge is -2.25. The van der Waals surface area contributed by atoms with Gasteiger partial charge in [-0.3, -0.25) is 9.59 Å². The SMILES string of the molecule is COc1ccc(C(CNC(=O)COc2ccc(C(C)=O)cc2OC)N(C)C)cc1. The Morgan fingerprint density at radius 1 is 1.00 bits per heavy atom. The summed E-state index contributed by atoms with van der Waals surface area (Å²) in [5, 5.41) is 2.90. The third kappa shape index (κ3) is 6.22. The molecule has 0 radical (unpaired) electrons. The first-order valence-electron chi connectivity index (χ1n) is 9.24. The number of nitrogens with zero attached hydrogens (tertiary/aromatic N) is 1. The van der Waals surface area contributed by atoms with E-state index in [-0.39, 0.29) is 24.3 Å².